The molecule has 3 aliphatic rings. The molecule has 25 heavy (non-hydrogen) atoms. The summed E-state index contributed by atoms with van der Waals surface area (Å²) in [4.78, 5) is 7.72. The van der Waals surface area contributed by atoms with Gasteiger partial charge in [0.15, 0.2) is 0 Å². The summed E-state index contributed by atoms with van der Waals surface area (Å²) in [6.45, 7) is 7.16. The van der Waals surface area contributed by atoms with Gasteiger partial charge in [0.25, 0.3) is 0 Å². The molecule has 3 fully saturated rings. The van der Waals surface area contributed by atoms with E-state index in [1.54, 1.807) is 7.11 Å². The second kappa shape index (κ2) is 7.04. The maximum absolute atomic E-state index is 6.17. The van der Waals surface area contributed by atoms with E-state index >= 15 is 0 Å². The van der Waals surface area contributed by atoms with Crippen molar-refractivity contribution in [2.45, 2.75) is 37.6 Å². The molecule has 0 radical (unpaired) electrons. The highest BCUT2D eigenvalue weighted by molar-refractivity contribution is 5.68. The van der Waals surface area contributed by atoms with Crippen molar-refractivity contribution in [3.63, 3.8) is 0 Å². The number of methoxy groups -OCH3 is 1. The van der Waals surface area contributed by atoms with Crippen LogP contribution in [0.25, 0.3) is 0 Å². The number of likely N-dealkylation sites (N-methyl/N-ethyl adjacent to an activating group) is 1. The first-order chi connectivity index (χ1) is 12.2. The highest BCUT2D eigenvalue weighted by Crippen LogP contribution is 2.47. The highest BCUT2D eigenvalue weighted by atomic mass is 16.5. The third kappa shape index (κ3) is 3.58. The van der Waals surface area contributed by atoms with E-state index in [1.807, 2.05) is 0 Å². The van der Waals surface area contributed by atoms with Gasteiger partial charge in [-0.1, -0.05) is 0 Å². The van der Waals surface area contributed by atoms with E-state index in [0.717, 1.165) is 30.6 Å². The smallest absolute Gasteiger partial charge is 0.143 e. The zero-order chi connectivity index (χ0) is 17.4. The van der Waals surface area contributed by atoms with Crippen molar-refractivity contribution in [3.8, 4) is 5.75 Å². The summed E-state index contributed by atoms with van der Waals surface area (Å²) in [5.74, 6) is 1.53. The lowest BCUT2D eigenvalue weighted by molar-refractivity contribution is 0.0982. The molecule has 1 aromatic carbocycles. The second-order valence-corrected chi connectivity index (χ2v) is 7.98. The number of nitrogens with two attached hydrogens (primary N) is 1. The van der Waals surface area contributed by atoms with Crippen LogP contribution in [-0.2, 0) is 0 Å². The van der Waals surface area contributed by atoms with Crippen molar-refractivity contribution >= 4 is 11.4 Å². The average Bonchev–Trinajstić information content (AvgIpc) is 3.47. The summed E-state index contributed by atoms with van der Waals surface area (Å²) in [6.07, 6.45) is 5.13. The van der Waals surface area contributed by atoms with Gasteiger partial charge in [0.2, 0.25) is 0 Å². The van der Waals surface area contributed by atoms with Crippen molar-refractivity contribution in [3.05, 3.63) is 17.7 Å². The minimum atomic E-state index is 0.707. The van der Waals surface area contributed by atoms with Crippen LogP contribution in [-0.4, -0.2) is 69.3 Å². The Hall–Kier alpha value is -1.46. The molecule has 2 aliphatic heterocycles. The van der Waals surface area contributed by atoms with E-state index in [9.17, 15) is 0 Å². The summed E-state index contributed by atoms with van der Waals surface area (Å²) >= 11 is 0. The van der Waals surface area contributed by atoms with E-state index in [2.05, 4.69) is 33.9 Å². The first-order valence-electron chi connectivity index (χ1n) is 9.80. The first-order valence-corrected chi connectivity index (χ1v) is 9.80. The number of benzene rings is 1. The molecule has 1 saturated carbocycles. The minimum absolute atomic E-state index is 0.707. The minimum Gasteiger partial charge on any atom is -0.495 e. The van der Waals surface area contributed by atoms with Gasteiger partial charge in [0, 0.05) is 57.1 Å². The maximum Gasteiger partial charge on any atom is 0.143 e. The predicted molar refractivity (Wildman–Crippen MR) is 104 cm³/mol. The third-order valence-corrected chi connectivity index (χ3v) is 6.26. The largest absolute Gasteiger partial charge is 0.495 e. The summed E-state index contributed by atoms with van der Waals surface area (Å²) in [5, 5.41) is 0. The number of piperazine rings is 1. The zero-order valence-corrected chi connectivity index (χ0v) is 15.7. The molecule has 138 valence electrons. The average molecular weight is 345 g/mol. The molecule has 2 saturated heterocycles. The Kier molecular flexibility index (Phi) is 4.78. The van der Waals surface area contributed by atoms with Crippen LogP contribution in [0.4, 0.5) is 11.4 Å². The number of ether oxygens (including phenoxy) is 1. The van der Waals surface area contributed by atoms with E-state index in [4.69, 9.17) is 10.5 Å². The molecule has 0 atom stereocenters. The second-order valence-electron chi connectivity index (χ2n) is 7.98. The number of nitrogen functional groups attached to an aromatic ring is 1. The summed E-state index contributed by atoms with van der Waals surface area (Å²) in [7, 11) is 3.94. The van der Waals surface area contributed by atoms with Gasteiger partial charge >= 0.3 is 0 Å². The summed E-state index contributed by atoms with van der Waals surface area (Å²) in [5.41, 5.74) is 9.76. The lowest BCUT2D eigenvalue weighted by Gasteiger charge is -2.43. The Morgan fingerprint density at radius 3 is 2.24 bits per heavy atom. The van der Waals surface area contributed by atoms with Crippen LogP contribution in [0.3, 0.4) is 0 Å². The molecule has 2 N–H and O–H groups in total. The van der Waals surface area contributed by atoms with Gasteiger partial charge in [0.05, 0.1) is 12.8 Å². The van der Waals surface area contributed by atoms with Gasteiger partial charge in [-0.3, -0.25) is 4.90 Å². The van der Waals surface area contributed by atoms with E-state index in [-0.39, 0.29) is 0 Å². The van der Waals surface area contributed by atoms with Gasteiger partial charge < -0.3 is 20.3 Å². The monoisotopic (exact) mass is 344 g/mol. The fourth-order valence-corrected chi connectivity index (χ4v) is 4.43. The van der Waals surface area contributed by atoms with Crippen LogP contribution < -0.4 is 15.4 Å². The molecule has 1 aliphatic carbocycles. The van der Waals surface area contributed by atoms with Crippen molar-refractivity contribution in [1.29, 1.82) is 0 Å². The van der Waals surface area contributed by atoms with Crippen LogP contribution >= 0.6 is 0 Å². The number of hydrogen-bond donors (Lipinski definition) is 1. The van der Waals surface area contributed by atoms with Crippen molar-refractivity contribution in [2.24, 2.45) is 0 Å². The Bertz CT molecular complexity index is 600. The molecule has 2 heterocycles. The quantitative estimate of drug-likeness (QED) is 0.850. The predicted octanol–water partition coefficient (Wildman–Crippen LogP) is 2.37. The van der Waals surface area contributed by atoms with Gasteiger partial charge in [-0.05, 0) is 50.3 Å². The molecule has 0 spiro atoms. The Morgan fingerprint density at radius 1 is 0.960 bits per heavy atom. The fourth-order valence-electron chi connectivity index (χ4n) is 4.43. The first kappa shape index (κ1) is 17.0. The van der Waals surface area contributed by atoms with Gasteiger partial charge in [-0.15, -0.1) is 0 Å². The molecule has 4 rings (SSSR count). The highest BCUT2D eigenvalue weighted by Gasteiger charge is 2.32. The van der Waals surface area contributed by atoms with Crippen molar-refractivity contribution in [1.82, 2.24) is 9.80 Å². The molecule has 0 amide bonds. The number of anilines is 2. The molecule has 5 nitrogen and oxygen atoms in total. The molecule has 0 unspecified atom stereocenters. The SMILES string of the molecule is COc1cc(N2CCC(N3CCN(C)CC3)CC2)c(C2CC2)cc1N. The lowest BCUT2D eigenvalue weighted by Crippen LogP contribution is -2.52. The van der Waals surface area contributed by atoms with Gasteiger partial charge in [0.1, 0.15) is 5.75 Å². The van der Waals surface area contributed by atoms with Crippen LogP contribution in [0.2, 0.25) is 0 Å². The van der Waals surface area contributed by atoms with Crippen LogP contribution in [0, 0.1) is 0 Å². The van der Waals surface area contributed by atoms with Crippen LogP contribution in [0.15, 0.2) is 12.1 Å². The van der Waals surface area contributed by atoms with Crippen LogP contribution in [0.5, 0.6) is 5.75 Å². The number of hydrogen-bond acceptors (Lipinski definition) is 5. The van der Waals surface area contributed by atoms with Crippen molar-refractivity contribution in [2.75, 3.05) is 64.1 Å². The van der Waals surface area contributed by atoms with Gasteiger partial charge in [-0.2, -0.15) is 0 Å². The number of piperidine rings is 1. The Balaban J connectivity index is 1.45. The van der Waals surface area contributed by atoms with E-state index in [0.29, 0.717) is 5.92 Å². The number of rotatable bonds is 4. The van der Waals surface area contributed by atoms with Crippen molar-refractivity contribution < 1.29 is 4.74 Å². The van der Waals surface area contributed by atoms with E-state index in [1.165, 1.54) is 63.1 Å². The normalized spacial score (nSPS) is 23.8. The standard InChI is InChI=1S/C20H32N4O/c1-22-9-11-23(12-10-22)16-5-7-24(8-6-16)19-14-20(25-2)18(21)13-17(19)15-3-4-15/h13-16H,3-12,21H2,1-2H3. The molecule has 1 aromatic rings. The molecule has 0 aromatic heterocycles. The maximum atomic E-state index is 6.17. The lowest BCUT2D eigenvalue weighted by atomic mass is 9.99. The molecule has 0 bridgehead atoms. The van der Waals surface area contributed by atoms with Crippen LogP contribution in [0.1, 0.15) is 37.2 Å². The summed E-state index contributed by atoms with van der Waals surface area (Å²) < 4.78 is 5.49. The third-order valence-electron chi connectivity index (χ3n) is 6.26. The molecular formula is C20H32N4O. The molecular weight excluding hydrogens is 312 g/mol. The summed E-state index contributed by atoms with van der Waals surface area (Å²) in [6, 6.07) is 5.10. The number of nitrogens with zero attached hydrogens (tertiary/aromatic N) is 3. The zero-order valence-electron chi connectivity index (χ0n) is 15.7. The Morgan fingerprint density at radius 2 is 1.64 bits per heavy atom. The van der Waals surface area contributed by atoms with E-state index < -0.39 is 0 Å². The topological polar surface area (TPSA) is 45.0 Å². The Labute approximate surface area is 151 Å². The molecule has 5 heteroatoms. The fraction of sp³-hybridized carbons (Fsp3) is 0.700. The van der Waals surface area contributed by atoms with Gasteiger partial charge in [-0.25, -0.2) is 0 Å².